The summed E-state index contributed by atoms with van der Waals surface area (Å²) in [7, 11) is 1.67. The van der Waals surface area contributed by atoms with Gasteiger partial charge in [-0.25, -0.2) is 8.78 Å². The Kier molecular flexibility index (Phi) is 7.30. The Balaban J connectivity index is 0.00000243. The summed E-state index contributed by atoms with van der Waals surface area (Å²) in [5, 5.41) is 14.4. The predicted octanol–water partition coefficient (Wildman–Crippen LogP) is 2.46. The number of benzene rings is 1. The molecular weight excluding hydrogens is 453 g/mol. The molecule has 2 N–H and O–H groups in total. The van der Waals surface area contributed by atoms with Crippen molar-refractivity contribution in [1.29, 1.82) is 0 Å². The van der Waals surface area contributed by atoms with Gasteiger partial charge in [-0.05, 0) is 18.6 Å². The molecule has 1 saturated carbocycles. The average molecular weight is 476 g/mol. The molecular formula is C17H23F2IN6. The van der Waals surface area contributed by atoms with Crippen LogP contribution in [0.15, 0.2) is 29.5 Å². The van der Waals surface area contributed by atoms with Crippen LogP contribution in [0.3, 0.4) is 0 Å². The lowest BCUT2D eigenvalue weighted by Crippen LogP contribution is -2.40. The van der Waals surface area contributed by atoms with Crippen LogP contribution in [0.1, 0.15) is 30.7 Å². The van der Waals surface area contributed by atoms with Gasteiger partial charge in [-0.1, -0.05) is 13.0 Å². The number of hydrogen-bond acceptors (Lipinski definition) is 3. The number of rotatable bonds is 6. The van der Waals surface area contributed by atoms with Crippen molar-refractivity contribution in [2.45, 2.75) is 38.3 Å². The molecule has 2 atom stereocenters. The van der Waals surface area contributed by atoms with E-state index in [0.717, 1.165) is 12.2 Å². The molecule has 0 bridgehead atoms. The number of aliphatic imine (C=N–C) groups is 1. The Morgan fingerprint density at radius 3 is 2.73 bits per heavy atom. The van der Waals surface area contributed by atoms with Gasteiger partial charge in [0.15, 0.2) is 5.96 Å². The Labute approximate surface area is 168 Å². The van der Waals surface area contributed by atoms with E-state index in [9.17, 15) is 8.78 Å². The van der Waals surface area contributed by atoms with Crippen LogP contribution in [0, 0.1) is 11.6 Å². The molecule has 1 aliphatic rings. The van der Waals surface area contributed by atoms with Crippen LogP contribution in [-0.2, 0) is 13.0 Å². The maximum atomic E-state index is 13.8. The van der Waals surface area contributed by atoms with Crippen molar-refractivity contribution in [3.8, 4) is 0 Å². The Morgan fingerprint density at radius 2 is 2.08 bits per heavy atom. The normalized spacial score (nSPS) is 19.0. The first-order valence-corrected chi connectivity index (χ1v) is 8.41. The minimum atomic E-state index is -0.489. The zero-order valence-corrected chi connectivity index (χ0v) is 17.1. The number of aromatic nitrogens is 3. The van der Waals surface area contributed by atoms with Crippen molar-refractivity contribution in [2.75, 3.05) is 13.6 Å². The Morgan fingerprint density at radius 1 is 1.35 bits per heavy atom. The zero-order chi connectivity index (χ0) is 17.8. The summed E-state index contributed by atoms with van der Waals surface area (Å²) < 4.78 is 29.7. The molecule has 26 heavy (non-hydrogen) atoms. The highest BCUT2D eigenvalue weighted by Gasteiger charge is 2.42. The fraction of sp³-hybridized carbons (Fsp3) is 0.471. The molecule has 6 nitrogen and oxygen atoms in total. The maximum Gasteiger partial charge on any atom is 0.191 e. The number of guanidine groups is 1. The third-order valence-corrected chi connectivity index (χ3v) is 4.36. The standard InChI is InChI=1S/C17H22F2N6.HI/c1-3-15-24-22-10-25(15)8-7-21-17(20-2)23-14-9-11(14)16-12(18)5-4-6-13(16)19;/h4-6,10-11,14H,3,7-9H2,1-2H3,(H2,20,21,23);1H. The maximum absolute atomic E-state index is 13.8. The van der Waals surface area contributed by atoms with Crippen LogP contribution in [0.25, 0.3) is 0 Å². The van der Waals surface area contributed by atoms with E-state index >= 15 is 0 Å². The highest BCUT2D eigenvalue weighted by atomic mass is 127. The molecule has 1 fully saturated rings. The van der Waals surface area contributed by atoms with E-state index in [1.165, 1.54) is 18.2 Å². The van der Waals surface area contributed by atoms with Gasteiger partial charge < -0.3 is 15.2 Å². The summed E-state index contributed by atoms with van der Waals surface area (Å²) in [6.07, 6.45) is 3.21. The first-order valence-electron chi connectivity index (χ1n) is 8.41. The Bertz CT molecular complexity index is 743. The van der Waals surface area contributed by atoms with Gasteiger partial charge in [-0.2, -0.15) is 0 Å². The van der Waals surface area contributed by atoms with Crippen molar-refractivity contribution in [3.05, 3.63) is 47.5 Å². The topological polar surface area (TPSA) is 67.1 Å². The lowest BCUT2D eigenvalue weighted by atomic mass is 10.1. The molecule has 2 unspecified atom stereocenters. The zero-order valence-electron chi connectivity index (χ0n) is 14.7. The molecule has 1 aromatic heterocycles. The molecule has 1 heterocycles. The molecule has 0 radical (unpaired) electrons. The minimum absolute atomic E-state index is 0. The molecule has 0 spiro atoms. The van der Waals surface area contributed by atoms with E-state index < -0.39 is 11.6 Å². The van der Waals surface area contributed by atoms with Crippen LogP contribution in [-0.4, -0.2) is 40.4 Å². The van der Waals surface area contributed by atoms with Gasteiger partial charge in [-0.3, -0.25) is 4.99 Å². The summed E-state index contributed by atoms with van der Waals surface area (Å²) in [6.45, 7) is 3.40. The first-order chi connectivity index (χ1) is 12.1. The lowest BCUT2D eigenvalue weighted by Gasteiger charge is -2.13. The molecule has 1 aromatic carbocycles. The smallest absolute Gasteiger partial charge is 0.191 e. The molecule has 142 valence electrons. The minimum Gasteiger partial charge on any atom is -0.355 e. The largest absolute Gasteiger partial charge is 0.355 e. The van der Waals surface area contributed by atoms with Crippen LogP contribution >= 0.6 is 24.0 Å². The molecule has 0 saturated heterocycles. The van der Waals surface area contributed by atoms with Crippen LogP contribution in [0.5, 0.6) is 0 Å². The number of nitrogens with zero attached hydrogens (tertiary/aromatic N) is 4. The number of hydrogen-bond donors (Lipinski definition) is 2. The third kappa shape index (κ3) is 4.68. The molecule has 9 heteroatoms. The van der Waals surface area contributed by atoms with Crippen LogP contribution in [0.4, 0.5) is 8.78 Å². The van der Waals surface area contributed by atoms with E-state index in [1.807, 2.05) is 11.5 Å². The predicted molar refractivity (Wildman–Crippen MR) is 107 cm³/mol. The van der Waals surface area contributed by atoms with Crippen molar-refractivity contribution in [3.63, 3.8) is 0 Å². The quantitative estimate of drug-likeness (QED) is 0.382. The summed E-state index contributed by atoms with van der Waals surface area (Å²) in [4.78, 5) is 4.17. The van der Waals surface area contributed by atoms with Gasteiger partial charge in [0.2, 0.25) is 0 Å². The monoisotopic (exact) mass is 476 g/mol. The van der Waals surface area contributed by atoms with Gasteiger partial charge in [0.25, 0.3) is 0 Å². The SMILES string of the molecule is CCc1nncn1CCNC(=NC)NC1CC1c1c(F)cccc1F.I. The van der Waals surface area contributed by atoms with E-state index in [-0.39, 0.29) is 41.5 Å². The molecule has 3 rings (SSSR count). The highest BCUT2D eigenvalue weighted by Crippen LogP contribution is 2.42. The number of aryl methyl sites for hydroxylation is 1. The van der Waals surface area contributed by atoms with Crippen LogP contribution < -0.4 is 10.6 Å². The fourth-order valence-corrected chi connectivity index (χ4v) is 2.94. The van der Waals surface area contributed by atoms with Crippen molar-refractivity contribution in [1.82, 2.24) is 25.4 Å². The summed E-state index contributed by atoms with van der Waals surface area (Å²) in [5.41, 5.74) is 0.160. The average Bonchev–Trinajstić information content (AvgIpc) is 3.18. The van der Waals surface area contributed by atoms with Crippen molar-refractivity contribution >= 4 is 29.9 Å². The second kappa shape index (κ2) is 9.24. The summed E-state index contributed by atoms with van der Waals surface area (Å²) in [5.74, 6) is 0.413. The van der Waals surface area contributed by atoms with Crippen molar-refractivity contribution < 1.29 is 8.78 Å². The second-order valence-electron chi connectivity index (χ2n) is 6.02. The molecule has 2 aromatic rings. The highest BCUT2D eigenvalue weighted by molar-refractivity contribution is 14.0. The number of nitrogens with one attached hydrogen (secondary N) is 2. The van der Waals surface area contributed by atoms with Crippen LogP contribution in [0.2, 0.25) is 0 Å². The van der Waals surface area contributed by atoms with E-state index in [4.69, 9.17) is 0 Å². The third-order valence-electron chi connectivity index (χ3n) is 4.36. The van der Waals surface area contributed by atoms with Gasteiger partial charge in [0.1, 0.15) is 23.8 Å². The molecule has 1 aliphatic carbocycles. The van der Waals surface area contributed by atoms with Gasteiger partial charge in [-0.15, -0.1) is 34.2 Å². The summed E-state index contributed by atoms with van der Waals surface area (Å²) in [6, 6.07) is 3.96. The fourth-order valence-electron chi connectivity index (χ4n) is 2.94. The molecule has 0 aliphatic heterocycles. The van der Waals surface area contributed by atoms with E-state index in [2.05, 4.69) is 25.8 Å². The van der Waals surface area contributed by atoms with E-state index in [0.29, 0.717) is 25.5 Å². The molecule has 0 amide bonds. The first kappa shape index (κ1) is 20.5. The van der Waals surface area contributed by atoms with Gasteiger partial charge in [0.05, 0.1) is 0 Å². The summed E-state index contributed by atoms with van der Waals surface area (Å²) >= 11 is 0. The lowest BCUT2D eigenvalue weighted by molar-refractivity contribution is 0.553. The Hall–Kier alpha value is -1.78. The van der Waals surface area contributed by atoms with Gasteiger partial charge >= 0.3 is 0 Å². The van der Waals surface area contributed by atoms with E-state index in [1.54, 1.807) is 13.4 Å². The van der Waals surface area contributed by atoms with Crippen molar-refractivity contribution in [2.24, 2.45) is 4.99 Å². The van der Waals surface area contributed by atoms with Gasteiger partial charge in [0, 0.05) is 44.1 Å². The number of halogens is 3. The second-order valence-corrected chi connectivity index (χ2v) is 6.02.